The summed E-state index contributed by atoms with van der Waals surface area (Å²) in [7, 11) is 0. The van der Waals surface area contributed by atoms with Crippen molar-refractivity contribution < 1.29 is 28.7 Å². The molecule has 14 nitrogen and oxygen atoms in total. The first kappa shape index (κ1) is 32.7. The molecule has 0 radical (unpaired) electrons. The number of piperidine rings is 1. The van der Waals surface area contributed by atoms with Crippen molar-refractivity contribution in [2.75, 3.05) is 5.32 Å². The average Bonchev–Trinajstić information content (AvgIpc) is 3.75. The first-order chi connectivity index (χ1) is 25.1. The van der Waals surface area contributed by atoms with E-state index < -0.39 is 29.7 Å². The Morgan fingerprint density at radius 3 is 2.19 bits per heavy atom. The molecule has 2 aromatic heterocycles. The zero-order chi connectivity index (χ0) is 36.0. The Morgan fingerprint density at radius 1 is 0.846 bits per heavy atom. The minimum absolute atomic E-state index is 0.0119. The van der Waals surface area contributed by atoms with Gasteiger partial charge in [-0.2, -0.15) is 4.68 Å². The minimum Gasteiger partial charge on any atom is -0.490 e. The van der Waals surface area contributed by atoms with E-state index in [0.29, 0.717) is 36.0 Å². The fraction of sp³-hybridized carbons (Fsp3) is 0.263. The van der Waals surface area contributed by atoms with Crippen molar-refractivity contribution in [3.63, 3.8) is 0 Å². The van der Waals surface area contributed by atoms with E-state index in [1.165, 1.54) is 4.68 Å². The molecule has 4 amide bonds. The smallest absolute Gasteiger partial charge is 0.264 e. The van der Waals surface area contributed by atoms with Crippen LogP contribution in [-0.4, -0.2) is 71.7 Å². The highest BCUT2D eigenvalue weighted by Crippen LogP contribution is 2.37. The number of hydrogen-bond donors (Lipinski definition) is 2. The number of ether oxygens (including phenoxy) is 2. The van der Waals surface area contributed by atoms with E-state index in [-0.39, 0.29) is 41.5 Å². The molecule has 3 aromatic carbocycles. The standard InChI is InChI=1S/C38H34N8O6/c1-38(2,23-8-12-26(13-9-23)52-28-20-39-37(40-21-28)45-17-16-41-44-45)22-6-10-25(11-7-22)51-27-18-24(19-27)42-30-5-3-4-29-33(30)36(50)46(35(29)49)31-14-15-32(47)43-34(31)48/h3-13,16-17,20-21,24,27,31,42H,14-15,18-19H2,1-2H3,(H,43,47,48). The topological polar surface area (TPSA) is 171 Å². The summed E-state index contributed by atoms with van der Waals surface area (Å²) in [5.41, 5.74) is 3.02. The highest BCUT2D eigenvalue weighted by Gasteiger charge is 2.46. The predicted molar refractivity (Wildman–Crippen MR) is 186 cm³/mol. The molecule has 3 aliphatic rings. The molecule has 5 aromatic rings. The molecule has 2 fully saturated rings. The number of benzene rings is 3. The van der Waals surface area contributed by atoms with E-state index in [4.69, 9.17) is 9.47 Å². The van der Waals surface area contributed by atoms with Crippen LogP contribution in [-0.2, 0) is 15.0 Å². The number of nitrogens with one attached hydrogen (secondary N) is 2. The number of imide groups is 2. The molecule has 2 aliphatic heterocycles. The van der Waals surface area contributed by atoms with Crippen LogP contribution in [0.1, 0.15) is 71.4 Å². The van der Waals surface area contributed by atoms with Crippen LogP contribution in [0.3, 0.4) is 0 Å². The summed E-state index contributed by atoms with van der Waals surface area (Å²) in [6, 6.07) is 20.2. The average molecular weight is 699 g/mol. The Labute approximate surface area is 298 Å². The first-order valence-electron chi connectivity index (χ1n) is 17.0. The maximum atomic E-state index is 13.4. The van der Waals surface area contributed by atoms with Gasteiger partial charge in [-0.3, -0.25) is 29.4 Å². The predicted octanol–water partition coefficient (Wildman–Crippen LogP) is 4.60. The van der Waals surface area contributed by atoms with Gasteiger partial charge in [0.05, 0.1) is 35.9 Å². The van der Waals surface area contributed by atoms with E-state index in [1.807, 2.05) is 36.4 Å². The van der Waals surface area contributed by atoms with Gasteiger partial charge < -0.3 is 14.8 Å². The fourth-order valence-corrected chi connectivity index (χ4v) is 6.82. The minimum atomic E-state index is -1.00. The van der Waals surface area contributed by atoms with Gasteiger partial charge in [-0.05, 0) is 53.9 Å². The lowest BCUT2D eigenvalue weighted by Gasteiger charge is -2.37. The number of rotatable bonds is 10. The Kier molecular flexibility index (Phi) is 8.20. The molecular formula is C38H34N8O6. The third-order valence-electron chi connectivity index (χ3n) is 9.85. The molecule has 1 saturated heterocycles. The second-order valence-corrected chi connectivity index (χ2v) is 13.6. The van der Waals surface area contributed by atoms with Gasteiger partial charge in [0.2, 0.25) is 11.8 Å². The van der Waals surface area contributed by atoms with Gasteiger partial charge in [0.15, 0.2) is 5.75 Å². The molecule has 0 bridgehead atoms. The molecule has 262 valence electrons. The summed E-state index contributed by atoms with van der Waals surface area (Å²) >= 11 is 0. The molecule has 14 heteroatoms. The van der Waals surface area contributed by atoms with E-state index in [1.54, 1.807) is 43.0 Å². The number of nitrogens with zero attached hydrogens (tertiary/aromatic N) is 6. The number of carbonyl (C=O) groups excluding carboxylic acids is 4. The highest BCUT2D eigenvalue weighted by atomic mass is 16.5. The van der Waals surface area contributed by atoms with Gasteiger partial charge in [0.25, 0.3) is 17.8 Å². The van der Waals surface area contributed by atoms with Crippen LogP contribution in [0.25, 0.3) is 5.95 Å². The van der Waals surface area contributed by atoms with Crippen molar-refractivity contribution in [2.45, 2.75) is 63.1 Å². The van der Waals surface area contributed by atoms with E-state index in [9.17, 15) is 19.2 Å². The van der Waals surface area contributed by atoms with Crippen molar-refractivity contribution in [1.82, 2.24) is 35.2 Å². The highest BCUT2D eigenvalue weighted by molar-refractivity contribution is 6.25. The second kappa shape index (κ2) is 13.0. The Hall–Kier alpha value is -6.44. The van der Waals surface area contributed by atoms with Crippen molar-refractivity contribution in [2.24, 2.45) is 0 Å². The Morgan fingerprint density at radius 2 is 1.54 bits per heavy atom. The van der Waals surface area contributed by atoms with Gasteiger partial charge in [-0.25, -0.2) is 9.97 Å². The molecule has 1 aliphatic carbocycles. The maximum absolute atomic E-state index is 13.4. The van der Waals surface area contributed by atoms with E-state index in [0.717, 1.165) is 21.8 Å². The lowest BCUT2D eigenvalue weighted by molar-refractivity contribution is -0.136. The largest absolute Gasteiger partial charge is 0.490 e. The molecule has 1 saturated carbocycles. The van der Waals surface area contributed by atoms with Crippen LogP contribution in [0.4, 0.5) is 5.69 Å². The molecule has 8 rings (SSSR count). The Bertz CT molecular complexity index is 2160. The van der Waals surface area contributed by atoms with Crippen LogP contribution in [0, 0.1) is 0 Å². The van der Waals surface area contributed by atoms with Crippen molar-refractivity contribution >= 4 is 29.3 Å². The van der Waals surface area contributed by atoms with E-state index >= 15 is 0 Å². The molecule has 1 atom stereocenters. The van der Waals surface area contributed by atoms with Gasteiger partial charge >= 0.3 is 0 Å². The van der Waals surface area contributed by atoms with Crippen molar-refractivity contribution in [1.29, 1.82) is 0 Å². The van der Waals surface area contributed by atoms with Gasteiger partial charge in [0, 0.05) is 36.4 Å². The lowest BCUT2D eigenvalue weighted by atomic mass is 9.78. The monoisotopic (exact) mass is 698 g/mol. The van der Waals surface area contributed by atoms with Crippen LogP contribution in [0.15, 0.2) is 91.5 Å². The number of fused-ring (bicyclic) bond motifs is 1. The molecule has 2 N–H and O–H groups in total. The third-order valence-corrected chi connectivity index (χ3v) is 9.85. The summed E-state index contributed by atoms with van der Waals surface area (Å²) in [6.45, 7) is 4.33. The van der Waals surface area contributed by atoms with Crippen molar-refractivity contribution in [3.8, 4) is 23.2 Å². The molecule has 4 heterocycles. The normalized spacial score (nSPS) is 19.9. The SMILES string of the molecule is CC(C)(c1ccc(Oc2cnc(-n3ccnn3)nc2)cc1)c1ccc(OC2CC(Nc3cccc4c3C(=O)N(C3CCC(=O)NC3=O)C4=O)C2)cc1. The number of aromatic nitrogens is 5. The van der Waals surface area contributed by atoms with Gasteiger partial charge in [0.1, 0.15) is 23.6 Å². The lowest BCUT2D eigenvalue weighted by Crippen LogP contribution is -2.54. The van der Waals surface area contributed by atoms with Crippen molar-refractivity contribution in [3.05, 3.63) is 114 Å². The van der Waals surface area contributed by atoms with Crippen LogP contribution in [0.2, 0.25) is 0 Å². The zero-order valence-electron chi connectivity index (χ0n) is 28.4. The summed E-state index contributed by atoms with van der Waals surface area (Å²) in [6.07, 6.45) is 7.99. The van der Waals surface area contributed by atoms with Crippen LogP contribution < -0.4 is 20.1 Å². The van der Waals surface area contributed by atoms with Gasteiger partial charge in [-0.1, -0.05) is 49.4 Å². The van der Waals surface area contributed by atoms with Gasteiger partial charge in [-0.15, -0.1) is 5.10 Å². The third kappa shape index (κ3) is 6.12. The summed E-state index contributed by atoms with van der Waals surface area (Å²) in [4.78, 5) is 60.2. The maximum Gasteiger partial charge on any atom is 0.264 e. The quantitative estimate of drug-likeness (QED) is 0.196. The molecule has 52 heavy (non-hydrogen) atoms. The molecule has 1 unspecified atom stereocenters. The number of hydrogen-bond acceptors (Lipinski definition) is 11. The van der Waals surface area contributed by atoms with Crippen LogP contribution in [0.5, 0.6) is 17.2 Å². The zero-order valence-corrected chi connectivity index (χ0v) is 28.4. The first-order valence-corrected chi connectivity index (χ1v) is 17.0. The summed E-state index contributed by atoms with van der Waals surface area (Å²) < 4.78 is 13.7. The van der Waals surface area contributed by atoms with Crippen LogP contribution >= 0.6 is 0 Å². The number of carbonyl (C=O) groups is 4. The molecule has 0 spiro atoms. The van der Waals surface area contributed by atoms with E-state index in [2.05, 4.69) is 56.9 Å². The molecular weight excluding hydrogens is 664 g/mol. The second-order valence-electron chi connectivity index (χ2n) is 13.6. The summed E-state index contributed by atoms with van der Waals surface area (Å²) in [5, 5.41) is 13.3. The Balaban J connectivity index is 0.851. The summed E-state index contributed by atoms with van der Waals surface area (Å²) in [5.74, 6) is 0.256. The fourth-order valence-electron chi connectivity index (χ4n) is 6.82. The number of amides is 4. The number of anilines is 1.